The van der Waals surface area contributed by atoms with E-state index >= 15 is 0 Å². The zero-order valence-electron chi connectivity index (χ0n) is 11.4. The van der Waals surface area contributed by atoms with E-state index in [4.69, 9.17) is 17.0 Å². The second-order valence-corrected chi connectivity index (χ2v) is 5.44. The van der Waals surface area contributed by atoms with Crippen molar-refractivity contribution in [1.29, 1.82) is 0 Å². The van der Waals surface area contributed by atoms with Crippen molar-refractivity contribution in [2.45, 2.75) is 25.9 Å². The third kappa shape index (κ3) is 3.08. The van der Waals surface area contributed by atoms with Crippen LogP contribution in [0.2, 0.25) is 0 Å². The minimum Gasteiger partial charge on any atom is -0.378 e. The molecule has 2 rings (SSSR count). The predicted molar refractivity (Wildman–Crippen MR) is 78.7 cm³/mol. The lowest BCUT2D eigenvalue weighted by atomic mass is 9.84. The van der Waals surface area contributed by atoms with Gasteiger partial charge in [-0.05, 0) is 25.5 Å². The summed E-state index contributed by atoms with van der Waals surface area (Å²) in [5.41, 5.74) is 1.92. The van der Waals surface area contributed by atoms with Gasteiger partial charge in [0.15, 0.2) is 0 Å². The smallest absolute Gasteiger partial charge is 0.130 e. The normalized spacial score (nSPS) is 11.5. The number of aromatic nitrogens is 2. The molecule has 4 heteroatoms. The maximum absolute atomic E-state index is 5.23. The highest BCUT2D eigenvalue weighted by molar-refractivity contribution is 7.71. The van der Waals surface area contributed by atoms with Gasteiger partial charge in [-0.25, -0.2) is 4.98 Å². The first kappa shape index (κ1) is 13.9. The van der Waals surface area contributed by atoms with Crippen LogP contribution in [-0.2, 0) is 16.8 Å². The molecule has 0 amide bonds. The highest BCUT2D eigenvalue weighted by atomic mass is 32.1. The molecular formula is C15H18N2OS. The van der Waals surface area contributed by atoms with Gasteiger partial charge in [0.1, 0.15) is 10.5 Å². The first-order valence-corrected chi connectivity index (χ1v) is 6.60. The number of methoxy groups -OCH3 is 1. The molecule has 0 unspecified atom stereocenters. The van der Waals surface area contributed by atoms with Crippen molar-refractivity contribution in [1.82, 2.24) is 9.97 Å². The van der Waals surface area contributed by atoms with E-state index in [2.05, 4.69) is 35.9 Å². The van der Waals surface area contributed by atoms with Gasteiger partial charge in [0.2, 0.25) is 0 Å². The number of nitrogens with zero attached hydrogens (tertiary/aromatic N) is 1. The minimum atomic E-state index is -0.224. The van der Waals surface area contributed by atoms with Crippen molar-refractivity contribution in [2.75, 3.05) is 7.11 Å². The molecule has 0 atom stereocenters. The Morgan fingerprint density at radius 1 is 1.26 bits per heavy atom. The second-order valence-electron chi connectivity index (χ2n) is 5.02. The summed E-state index contributed by atoms with van der Waals surface area (Å²) in [6.07, 6.45) is 0. The van der Waals surface area contributed by atoms with Gasteiger partial charge in [-0.1, -0.05) is 42.5 Å². The third-order valence-corrected chi connectivity index (χ3v) is 3.40. The molecule has 1 N–H and O–H groups in total. The average molecular weight is 274 g/mol. The molecule has 2 aromatic rings. The summed E-state index contributed by atoms with van der Waals surface area (Å²) >= 11 is 5.23. The van der Waals surface area contributed by atoms with E-state index in [0.29, 0.717) is 11.2 Å². The SMILES string of the molecule is COCc1cc(=S)nc(C(C)(C)c2ccccc2)[nH]1. The van der Waals surface area contributed by atoms with Crippen molar-refractivity contribution < 1.29 is 4.74 Å². The highest BCUT2D eigenvalue weighted by Crippen LogP contribution is 2.28. The molecule has 0 fully saturated rings. The number of rotatable bonds is 4. The van der Waals surface area contributed by atoms with Gasteiger partial charge in [0, 0.05) is 18.2 Å². The number of benzene rings is 1. The molecule has 0 radical (unpaired) electrons. The van der Waals surface area contributed by atoms with Crippen LogP contribution in [0.15, 0.2) is 36.4 Å². The predicted octanol–water partition coefficient (Wildman–Crippen LogP) is 3.61. The molecule has 0 aliphatic carbocycles. The second kappa shape index (κ2) is 5.63. The number of aromatic amines is 1. The first-order chi connectivity index (χ1) is 9.04. The molecule has 0 bridgehead atoms. The molecule has 1 aromatic carbocycles. The maximum atomic E-state index is 5.23. The van der Waals surface area contributed by atoms with Crippen LogP contribution in [-0.4, -0.2) is 17.1 Å². The summed E-state index contributed by atoms with van der Waals surface area (Å²) in [6.45, 7) is 4.77. The molecule has 1 aromatic heterocycles. The summed E-state index contributed by atoms with van der Waals surface area (Å²) in [5, 5.41) is 0. The molecule has 100 valence electrons. The van der Waals surface area contributed by atoms with Gasteiger partial charge in [0.05, 0.1) is 6.61 Å². The number of nitrogens with one attached hydrogen (secondary N) is 1. The van der Waals surface area contributed by atoms with Crippen LogP contribution in [0.1, 0.15) is 30.9 Å². The van der Waals surface area contributed by atoms with Crippen molar-refractivity contribution >= 4 is 12.2 Å². The topological polar surface area (TPSA) is 37.9 Å². The number of hydrogen-bond donors (Lipinski definition) is 1. The summed E-state index contributed by atoms with van der Waals surface area (Å²) in [6, 6.07) is 12.1. The largest absolute Gasteiger partial charge is 0.378 e. The molecule has 19 heavy (non-hydrogen) atoms. The lowest BCUT2D eigenvalue weighted by Gasteiger charge is -2.24. The molecule has 0 aliphatic rings. The molecule has 0 aliphatic heterocycles. The Morgan fingerprint density at radius 2 is 1.95 bits per heavy atom. The zero-order chi connectivity index (χ0) is 13.9. The summed E-state index contributed by atoms with van der Waals surface area (Å²) in [4.78, 5) is 7.79. The quantitative estimate of drug-likeness (QED) is 0.865. The Balaban J connectivity index is 2.48. The van der Waals surface area contributed by atoms with Crippen LogP contribution >= 0.6 is 12.2 Å². The van der Waals surface area contributed by atoms with E-state index in [0.717, 1.165) is 11.5 Å². The molecule has 1 heterocycles. The van der Waals surface area contributed by atoms with E-state index in [1.165, 1.54) is 5.56 Å². The van der Waals surface area contributed by atoms with Crippen LogP contribution < -0.4 is 0 Å². The minimum absolute atomic E-state index is 0.224. The number of ether oxygens (including phenoxy) is 1. The Bertz CT molecular complexity index is 605. The summed E-state index contributed by atoms with van der Waals surface area (Å²) in [5.74, 6) is 0.859. The standard InChI is InChI=1S/C15H18N2OS/c1-15(2,11-7-5-4-6-8-11)14-16-12(10-18-3)9-13(19)17-14/h4-9H,10H2,1-3H3,(H,16,17,19). The fourth-order valence-electron chi connectivity index (χ4n) is 2.03. The lowest BCUT2D eigenvalue weighted by molar-refractivity contribution is 0.181. The Morgan fingerprint density at radius 3 is 2.58 bits per heavy atom. The summed E-state index contributed by atoms with van der Waals surface area (Å²) < 4.78 is 5.74. The molecule has 0 spiro atoms. The van der Waals surface area contributed by atoms with E-state index < -0.39 is 0 Å². The van der Waals surface area contributed by atoms with Crippen LogP contribution in [0.5, 0.6) is 0 Å². The van der Waals surface area contributed by atoms with Crippen molar-refractivity contribution in [3.8, 4) is 0 Å². The monoisotopic (exact) mass is 274 g/mol. The maximum Gasteiger partial charge on any atom is 0.130 e. The van der Waals surface area contributed by atoms with Gasteiger partial charge in [-0.3, -0.25) is 0 Å². The Kier molecular flexibility index (Phi) is 4.12. The molecule has 0 saturated heterocycles. The van der Waals surface area contributed by atoms with Crippen LogP contribution in [0, 0.1) is 4.64 Å². The molecular weight excluding hydrogens is 256 g/mol. The van der Waals surface area contributed by atoms with Crippen molar-refractivity contribution in [2.24, 2.45) is 0 Å². The van der Waals surface area contributed by atoms with Crippen molar-refractivity contribution in [3.63, 3.8) is 0 Å². The van der Waals surface area contributed by atoms with Crippen molar-refractivity contribution in [3.05, 3.63) is 58.1 Å². The van der Waals surface area contributed by atoms with Gasteiger partial charge >= 0.3 is 0 Å². The fourth-order valence-corrected chi connectivity index (χ4v) is 2.26. The van der Waals surface area contributed by atoms with E-state index in [9.17, 15) is 0 Å². The van der Waals surface area contributed by atoms with Gasteiger partial charge < -0.3 is 9.72 Å². The van der Waals surface area contributed by atoms with E-state index in [1.54, 1.807) is 7.11 Å². The zero-order valence-corrected chi connectivity index (χ0v) is 12.3. The fraction of sp³-hybridized carbons (Fsp3) is 0.333. The lowest BCUT2D eigenvalue weighted by Crippen LogP contribution is -2.23. The Hall–Kier alpha value is -1.52. The first-order valence-electron chi connectivity index (χ1n) is 6.19. The van der Waals surface area contributed by atoms with Gasteiger partial charge in [-0.15, -0.1) is 0 Å². The van der Waals surface area contributed by atoms with Gasteiger partial charge in [0.25, 0.3) is 0 Å². The van der Waals surface area contributed by atoms with E-state index in [-0.39, 0.29) is 5.41 Å². The third-order valence-electron chi connectivity index (χ3n) is 3.19. The van der Waals surface area contributed by atoms with Crippen LogP contribution in [0.4, 0.5) is 0 Å². The van der Waals surface area contributed by atoms with E-state index in [1.807, 2.05) is 24.3 Å². The summed E-state index contributed by atoms with van der Waals surface area (Å²) in [7, 11) is 1.67. The Labute approximate surface area is 118 Å². The molecule has 0 saturated carbocycles. The molecule has 3 nitrogen and oxygen atoms in total. The van der Waals surface area contributed by atoms with Gasteiger partial charge in [-0.2, -0.15) is 0 Å². The highest BCUT2D eigenvalue weighted by Gasteiger charge is 2.25. The number of hydrogen-bond acceptors (Lipinski definition) is 3. The van der Waals surface area contributed by atoms with Crippen LogP contribution in [0.3, 0.4) is 0 Å². The average Bonchev–Trinajstić information content (AvgIpc) is 2.39. The number of H-pyrrole nitrogens is 1. The van der Waals surface area contributed by atoms with Crippen LogP contribution in [0.25, 0.3) is 0 Å².